The van der Waals surface area contributed by atoms with Crippen LogP contribution in [-0.4, -0.2) is 61.7 Å². The van der Waals surface area contributed by atoms with Gasteiger partial charge in [0, 0.05) is 17.4 Å². The Morgan fingerprint density at radius 3 is 1.44 bits per heavy atom. The molecular weight excluding hydrogens is 436 g/mol. The summed E-state index contributed by atoms with van der Waals surface area (Å²) in [5.74, 6) is -2.66. The molecule has 0 saturated heterocycles. The van der Waals surface area contributed by atoms with Crippen molar-refractivity contribution in [1.29, 1.82) is 0 Å². The van der Waals surface area contributed by atoms with Crippen LogP contribution in [0.4, 0.5) is 0 Å². The van der Waals surface area contributed by atoms with E-state index in [1.54, 1.807) is 18.7 Å². The zero-order valence-electron chi connectivity index (χ0n) is 20.3. The lowest BCUT2D eigenvalue weighted by Crippen LogP contribution is -2.38. The highest BCUT2D eigenvalue weighted by atomic mass is 32.2. The lowest BCUT2D eigenvalue weighted by atomic mass is 9.79. The zero-order valence-corrected chi connectivity index (χ0v) is 21.1. The second kappa shape index (κ2) is 17.7. The Balaban J connectivity index is -0.000000181. The lowest BCUT2D eigenvalue weighted by molar-refractivity contribution is -0.145. The minimum Gasteiger partial charge on any atom is -0.481 e. The first kappa shape index (κ1) is 37.5. The van der Waals surface area contributed by atoms with E-state index in [4.69, 9.17) is 21.1 Å². The van der Waals surface area contributed by atoms with Gasteiger partial charge in [-0.3, -0.25) is 14.4 Å². The van der Waals surface area contributed by atoms with Gasteiger partial charge in [-0.25, -0.2) is 4.79 Å². The van der Waals surface area contributed by atoms with Gasteiger partial charge in [-0.05, 0) is 18.3 Å². The fourth-order valence-electron chi connectivity index (χ4n) is 2.15. The summed E-state index contributed by atoms with van der Waals surface area (Å²) in [5, 5.41) is 27.8. The Hall–Kier alpha value is -1.81. The number of hydrogen-bond donors (Lipinski definition) is 5. The third-order valence-corrected chi connectivity index (χ3v) is 5.24. The monoisotopic (exact) mass is 482 g/mol. The Kier molecular flexibility index (Phi) is 20.8. The van der Waals surface area contributed by atoms with E-state index in [9.17, 15) is 19.2 Å². The fraction of sp³-hybridized carbons (Fsp3) is 0.818. The number of nitrogens with one attached hydrogen (secondary N) is 1. The van der Waals surface area contributed by atoms with E-state index in [0.717, 1.165) is 0 Å². The van der Waals surface area contributed by atoms with Crippen LogP contribution in [0.5, 0.6) is 0 Å². The van der Waals surface area contributed by atoms with Crippen LogP contribution in [0.25, 0.3) is 0 Å². The Bertz CT molecular complexity index is 570. The average Bonchev–Trinajstić information content (AvgIpc) is 2.56. The predicted molar refractivity (Wildman–Crippen MR) is 131 cm³/mol. The van der Waals surface area contributed by atoms with Crippen LogP contribution >= 0.6 is 11.8 Å². The van der Waals surface area contributed by atoms with Crippen molar-refractivity contribution in [2.75, 3.05) is 5.75 Å². The van der Waals surface area contributed by atoms with Crippen molar-refractivity contribution in [1.82, 2.24) is 5.32 Å². The molecule has 0 saturated carbocycles. The number of carbonyl (C=O) groups excluding carboxylic acids is 1. The minimum absolute atomic E-state index is 0. The third kappa shape index (κ3) is 22.9. The summed E-state index contributed by atoms with van der Waals surface area (Å²) in [4.78, 5) is 41.4. The zero-order chi connectivity index (χ0) is 25.6. The highest BCUT2D eigenvalue weighted by molar-refractivity contribution is 8.00. The van der Waals surface area contributed by atoms with E-state index < -0.39 is 30.0 Å². The molecule has 10 heteroatoms. The van der Waals surface area contributed by atoms with Crippen molar-refractivity contribution in [3.05, 3.63) is 0 Å². The first-order valence-electron chi connectivity index (χ1n) is 10.1. The second-order valence-corrected chi connectivity index (χ2v) is 10.9. The quantitative estimate of drug-likeness (QED) is 0.346. The molecule has 0 aliphatic heterocycles. The molecule has 6 N–H and O–H groups in total. The number of carbonyl (C=O) groups is 4. The molecule has 0 rings (SSSR count). The van der Waals surface area contributed by atoms with Gasteiger partial charge >= 0.3 is 17.9 Å². The van der Waals surface area contributed by atoms with Crippen LogP contribution in [0.3, 0.4) is 0 Å². The number of hydrogen-bond acceptors (Lipinski definition) is 6. The smallest absolute Gasteiger partial charge is 0.326 e. The summed E-state index contributed by atoms with van der Waals surface area (Å²) in [5.41, 5.74) is 5.19. The van der Waals surface area contributed by atoms with Crippen molar-refractivity contribution in [3.63, 3.8) is 0 Å². The van der Waals surface area contributed by atoms with E-state index in [-0.39, 0.29) is 29.4 Å². The molecule has 0 aromatic carbocycles. The Labute approximate surface area is 197 Å². The molecule has 0 aliphatic carbocycles. The van der Waals surface area contributed by atoms with Gasteiger partial charge in [-0.15, -0.1) is 0 Å². The van der Waals surface area contributed by atoms with E-state index >= 15 is 0 Å². The predicted octanol–water partition coefficient (Wildman–Crippen LogP) is 3.70. The van der Waals surface area contributed by atoms with Gasteiger partial charge in [-0.2, -0.15) is 11.8 Å². The molecular formula is C22H46N2O7S. The summed E-state index contributed by atoms with van der Waals surface area (Å²) < 4.78 is 0.0903. The molecule has 9 nitrogen and oxygen atoms in total. The topological polar surface area (TPSA) is 167 Å². The number of rotatable bonds is 8. The van der Waals surface area contributed by atoms with Crippen LogP contribution < -0.4 is 11.1 Å². The standard InChI is InChI=1S/C8H16O2.C7H15NO2S.C6H11NO3.CH4/c1-5-6(7(9)10)8(2,3)4;1-7(2,3)11-4-5(8)6(9)10;1-3-5(6(9)10)7-4(2)8;/h6H,5H2,1-4H3,(H,9,10);5H,4,8H2,1-3H3,(H,9,10);5H,3H2,1-2H3,(H,7,8)(H,9,10);1H4. The van der Waals surface area contributed by atoms with Crippen molar-refractivity contribution >= 4 is 35.6 Å². The highest BCUT2D eigenvalue weighted by Gasteiger charge is 2.28. The summed E-state index contributed by atoms with van der Waals surface area (Å²) >= 11 is 1.56. The Morgan fingerprint density at radius 1 is 0.875 bits per heavy atom. The van der Waals surface area contributed by atoms with Crippen LogP contribution in [0.1, 0.15) is 82.6 Å². The molecule has 0 fully saturated rings. The maximum Gasteiger partial charge on any atom is 0.326 e. The first-order valence-corrected chi connectivity index (χ1v) is 11.1. The first-order chi connectivity index (χ1) is 13.8. The number of nitrogens with two attached hydrogens (primary N) is 1. The molecule has 0 radical (unpaired) electrons. The lowest BCUT2D eigenvalue weighted by Gasteiger charge is -2.25. The molecule has 0 aromatic rings. The molecule has 0 bridgehead atoms. The van der Waals surface area contributed by atoms with Gasteiger partial charge in [0.15, 0.2) is 0 Å². The van der Waals surface area contributed by atoms with Crippen molar-refractivity contribution < 1.29 is 34.5 Å². The van der Waals surface area contributed by atoms with E-state index in [1.165, 1.54) is 6.92 Å². The number of thioether (sulfide) groups is 1. The van der Waals surface area contributed by atoms with Gasteiger partial charge in [0.2, 0.25) is 5.91 Å². The molecule has 0 aromatic heterocycles. The maximum atomic E-state index is 10.6. The van der Waals surface area contributed by atoms with Crippen LogP contribution in [0, 0.1) is 11.3 Å². The average molecular weight is 483 g/mol. The van der Waals surface area contributed by atoms with Crippen molar-refractivity contribution in [2.45, 2.75) is 99.4 Å². The molecule has 0 spiro atoms. The largest absolute Gasteiger partial charge is 0.481 e. The maximum absolute atomic E-state index is 10.6. The van der Waals surface area contributed by atoms with E-state index in [0.29, 0.717) is 18.6 Å². The molecule has 32 heavy (non-hydrogen) atoms. The van der Waals surface area contributed by atoms with Crippen LogP contribution in [0.15, 0.2) is 0 Å². The number of amides is 1. The van der Waals surface area contributed by atoms with Crippen LogP contribution in [-0.2, 0) is 19.2 Å². The summed E-state index contributed by atoms with van der Waals surface area (Å²) in [6.07, 6.45) is 1.12. The molecule has 3 unspecified atom stereocenters. The molecule has 192 valence electrons. The van der Waals surface area contributed by atoms with Gasteiger partial charge in [-0.1, -0.05) is 62.8 Å². The molecule has 0 heterocycles. The highest BCUT2D eigenvalue weighted by Crippen LogP contribution is 2.28. The fourth-order valence-corrected chi connectivity index (χ4v) is 2.97. The minimum atomic E-state index is -0.988. The summed E-state index contributed by atoms with van der Waals surface area (Å²) in [6.45, 7) is 16.9. The van der Waals surface area contributed by atoms with Crippen molar-refractivity contribution in [2.24, 2.45) is 17.1 Å². The number of carboxylic acid groups (broad SMARTS) is 3. The number of carboxylic acids is 3. The van der Waals surface area contributed by atoms with E-state index in [2.05, 4.69) is 5.32 Å². The molecule has 3 atom stereocenters. The molecule has 1 amide bonds. The normalized spacial score (nSPS) is 13.4. The second-order valence-electron chi connectivity index (χ2n) is 9.03. The van der Waals surface area contributed by atoms with Gasteiger partial charge in [0.25, 0.3) is 0 Å². The third-order valence-electron chi connectivity index (χ3n) is 3.85. The van der Waals surface area contributed by atoms with Crippen molar-refractivity contribution in [3.8, 4) is 0 Å². The van der Waals surface area contributed by atoms with E-state index in [1.807, 2.05) is 48.5 Å². The number of aliphatic carboxylic acids is 3. The van der Waals surface area contributed by atoms with Gasteiger partial charge < -0.3 is 26.4 Å². The van der Waals surface area contributed by atoms with Gasteiger partial charge in [0.05, 0.1) is 5.92 Å². The SMILES string of the molecule is C.CC(C)(C)SCC(N)C(=O)O.CCC(C(=O)O)C(C)(C)C.CCC(NC(C)=O)C(=O)O. The summed E-state index contributed by atoms with van der Waals surface area (Å²) in [6, 6.07) is -1.48. The van der Waals surface area contributed by atoms with Crippen LogP contribution in [0.2, 0.25) is 0 Å². The van der Waals surface area contributed by atoms with Gasteiger partial charge in [0.1, 0.15) is 12.1 Å². The summed E-state index contributed by atoms with van der Waals surface area (Å²) in [7, 11) is 0. The Morgan fingerprint density at radius 2 is 1.31 bits per heavy atom. The molecule has 0 aliphatic rings.